The summed E-state index contributed by atoms with van der Waals surface area (Å²) in [6, 6.07) is 4.00. The van der Waals surface area contributed by atoms with Gasteiger partial charge in [0.1, 0.15) is 5.82 Å². The second kappa shape index (κ2) is 5.34. The fraction of sp³-hybridized carbons (Fsp3) is 0.455. The van der Waals surface area contributed by atoms with E-state index >= 15 is 0 Å². The Bertz CT molecular complexity index is 321. The highest BCUT2D eigenvalue weighted by molar-refractivity contribution is 5.72. The van der Waals surface area contributed by atoms with Crippen LogP contribution in [0.3, 0.4) is 0 Å². The molecule has 0 radical (unpaired) electrons. The number of amides is 1. The number of nitrogens with zero attached hydrogens (tertiary/aromatic N) is 2. The standard InChI is InChI=1S/C11H17N3O/c1-9-4-5-11(13-8-9)14(3)7-6-12-10(2)15/h4-5,8H,6-7H2,1-3H3,(H,12,15). The third-order valence-corrected chi connectivity index (χ3v) is 2.11. The van der Waals surface area contributed by atoms with E-state index in [-0.39, 0.29) is 5.91 Å². The van der Waals surface area contributed by atoms with Gasteiger partial charge in [-0.2, -0.15) is 0 Å². The molecule has 0 fully saturated rings. The zero-order valence-corrected chi connectivity index (χ0v) is 9.45. The van der Waals surface area contributed by atoms with E-state index in [9.17, 15) is 4.79 Å². The lowest BCUT2D eigenvalue weighted by atomic mass is 10.3. The minimum absolute atomic E-state index is 0.000246. The predicted molar refractivity (Wildman–Crippen MR) is 60.9 cm³/mol. The number of likely N-dealkylation sites (N-methyl/N-ethyl adjacent to an activating group) is 1. The highest BCUT2D eigenvalue weighted by Crippen LogP contribution is 2.07. The zero-order chi connectivity index (χ0) is 11.3. The van der Waals surface area contributed by atoms with Gasteiger partial charge in [-0.15, -0.1) is 0 Å². The Morgan fingerprint density at radius 1 is 1.53 bits per heavy atom. The Hall–Kier alpha value is -1.58. The maximum absolute atomic E-state index is 10.7. The molecule has 0 aliphatic rings. The molecule has 0 saturated carbocycles. The van der Waals surface area contributed by atoms with Gasteiger partial charge in [0, 0.05) is 33.3 Å². The van der Waals surface area contributed by atoms with Gasteiger partial charge in [-0.25, -0.2) is 4.98 Å². The molecule has 0 aliphatic carbocycles. The molecule has 1 aromatic heterocycles. The fourth-order valence-electron chi connectivity index (χ4n) is 1.20. The molecule has 0 aromatic carbocycles. The first-order valence-corrected chi connectivity index (χ1v) is 4.98. The summed E-state index contributed by atoms with van der Waals surface area (Å²) in [4.78, 5) is 17.0. The molecule has 0 saturated heterocycles. The average Bonchev–Trinajstić information content (AvgIpc) is 2.18. The lowest BCUT2D eigenvalue weighted by Crippen LogP contribution is -2.31. The van der Waals surface area contributed by atoms with Crippen molar-refractivity contribution in [3.05, 3.63) is 23.9 Å². The molecule has 1 aromatic rings. The Morgan fingerprint density at radius 3 is 2.80 bits per heavy atom. The van der Waals surface area contributed by atoms with Gasteiger partial charge < -0.3 is 10.2 Å². The molecule has 0 aliphatic heterocycles. The fourth-order valence-corrected chi connectivity index (χ4v) is 1.20. The molecular weight excluding hydrogens is 190 g/mol. The number of nitrogens with one attached hydrogen (secondary N) is 1. The van der Waals surface area contributed by atoms with E-state index in [1.807, 2.05) is 37.2 Å². The van der Waals surface area contributed by atoms with Crippen molar-refractivity contribution in [2.75, 3.05) is 25.0 Å². The second-order valence-corrected chi connectivity index (χ2v) is 3.60. The molecule has 1 amide bonds. The van der Waals surface area contributed by atoms with E-state index in [1.54, 1.807) is 0 Å². The number of rotatable bonds is 4. The molecular formula is C11H17N3O. The first-order chi connectivity index (χ1) is 7.09. The van der Waals surface area contributed by atoms with Crippen LogP contribution in [-0.2, 0) is 4.79 Å². The molecule has 1 heterocycles. The van der Waals surface area contributed by atoms with E-state index < -0.39 is 0 Å². The SMILES string of the molecule is CC(=O)NCCN(C)c1ccc(C)cn1. The number of carbonyl (C=O) groups is 1. The second-order valence-electron chi connectivity index (χ2n) is 3.60. The third kappa shape index (κ3) is 3.97. The van der Waals surface area contributed by atoms with Crippen molar-refractivity contribution < 1.29 is 4.79 Å². The topological polar surface area (TPSA) is 45.2 Å². The van der Waals surface area contributed by atoms with Gasteiger partial charge >= 0.3 is 0 Å². The Kier molecular flexibility index (Phi) is 4.09. The van der Waals surface area contributed by atoms with E-state index in [2.05, 4.69) is 10.3 Å². The molecule has 82 valence electrons. The van der Waals surface area contributed by atoms with Gasteiger partial charge in [-0.05, 0) is 18.6 Å². The summed E-state index contributed by atoms with van der Waals surface area (Å²) in [6.45, 7) is 4.93. The largest absolute Gasteiger partial charge is 0.358 e. The molecule has 1 rings (SSSR count). The van der Waals surface area contributed by atoms with Crippen LogP contribution < -0.4 is 10.2 Å². The van der Waals surface area contributed by atoms with Crippen LogP contribution in [0.2, 0.25) is 0 Å². The van der Waals surface area contributed by atoms with Crippen LogP contribution in [0.5, 0.6) is 0 Å². The van der Waals surface area contributed by atoms with Crippen LogP contribution in [0.4, 0.5) is 5.82 Å². The lowest BCUT2D eigenvalue weighted by Gasteiger charge is -2.17. The number of aryl methyl sites for hydroxylation is 1. The predicted octanol–water partition coefficient (Wildman–Crippen LogP) is 0.962. The van der Waals surface area contributed by atoms with Crippen molar-refractivity contribution in [2.24, 2.45) is 0 Å². The van der Waals surface area contributed by atoms with Crippen LogP contribution in [0.25, 0.3) is 0 Å². The van der Waals surface area contributed by atoms with Gasteiger partial charge in [0.05, 0.1) is 0 Å². The van der Waals surface area contributed by atoms with Crippen molar-refractivity contribution in [1.82, 2.24) is 10.3 Å². The number of aromatic nitrogens is 1. The van der Waals surface area contributed by atoms with Crippen LogP contribution in [0, 0.1) is 6.92 Å². The zero-order valence-electron chi connectivity index (χ0n) is 9.45. The van der Waals surface area contributed by atoms with Gasteiger partial charge in [-0.1, -0.05) is 6.07 Å². The third-order valence-electron chi connectivity index (χ3n) is 2.11. The van der Waals surface area contributed by atoms with Gasteiger partial charge in [-0.3, -0.25) is 4.79 Å². The van der Waals surface area contributed by atoms with E-state index in [1.165, 1.54) is 6.92 Å². The van der Waals surface area contributed by atoms with Crippen LogP contribution in [0.15, 0.2) is 18.3 Å². The number of anilines is 1. The van der Waals surface area contributed by atoms with Crippen molar-refractivity contribution in [3.63, 3.8) is 0 Å². The molecule has 0 bridgehead atoms. The first kappa shape index (κ1) is 11.5. The van der Waals surface area contributed by atoms with Gasteiger partial charge in [0.2, 0.25) is 5.91 Å². The summed E-state index contributed by atoms with van der Waals surface area (Å²) in [5, 5.41) is 2.75. The van der Waals surface area contributed by atoms with Crippen molar-refractivity contribution in [2.45, 2.75) is 13.8 Å². The smallest absolute Gasteiger partial charge is 0.216 e. The van der Waals surface area contributed by atoms with Gasteiger partial charge in [0.15, 0.2) is 0 Å². The summed E-state index contributed by atoms with van der Waals surface area (Å²) in [6.07, 6.45) is 1.84. The van der Waals surface area contributed by atoms with Crippen molar-refractivity contribution >= 4 is 11.7 Å². The molecule has 0 unspecified atom stereocenters. The summed E-state index contributed by atoms with van der Waals surface area (Å²) in [7, 11) is 1.96. The highest BCUT2D eigenvalue weighted by Gasteiger charge is 2.01. The minimum Gasteiger partial charge on any atom is -0.358 e. The van der Waals surface area contributed by atoms with Crippen LogP contribution in [0.1, 0.15) is 12.5 Å². The number of hydrogen-bond acceptors (Lipinski definition) is 3. The van der Waals surface area contributed by atoms with E-state index in [4.69, 9.17) is 0 Å². The van der Waals surface area contributed by atoms with Crippen molar-refractivity contribution in [3.8, 4) is 0 Å². The lowest BCUT2D eigenvalue weighted by molar-refractivity contribution is -0.118. The van der Waals surface area contributed by atoms with Gasteiger partial charge in [0.25, 0.3) is 0 Å². The summed E-state index contributed by atoms with van der Waals surface area (Å²) < 4.78 is 0. The first-order valence-electron chi connectivity index (χ1n) is 4.98. The number of hydrogen-bond donors (Lipinski definition) is 1. The molecule has 0 atom stereocenters. The maximum Gasteiger partial charge on any atom is 0.216 e. The van der Waals surface area contributed by atoms with E-state index in [0.717, 1.165) is 17.9 Å². The minimum atomic E-state index is 0.000246. The monoisotopic (exact) mass is 207 g/mol. The number of carbonyl (C=O) groups excluding carboxylic acids is 1. The van der Waals surface area contributed by atoms with Crippen molar-refractivity contribution in [1.29, 1.82) is 0 Å². The molecule has 1 N–H and O–H groups in total. The molecule has 0 spiro atoms. The van der Waals surface area contributed by atoms with Crippen LogP contribution >= 0.6 is 0 Å². The highest BCUT2D eigenvalue weighted by atomic mass is 16.1. The normalized spacial score (nSPS) is 9.80. The quantitative estimate of drug-likeness (QED) is 0.800. The maximum atomic E-state index is 10.7. The molecule has 15 heavy (non-hydrogen) atoms. The summed E-state index contributed by atoms with van der Waals surface area (Å²) >= 11 is 0. The molecule has 4 heteroatoms. The molecule has 4 nitrogen and oxygen atoms in total. The Morgan fingerprint density at radius 2 is 2.27 bits per heavy atom. The van der Waals surface area contributed by atoms with E-state index in [0.29, 0.717) is 6.54 Å². The number of pyridine rings is 1. The summed E-state index contributed by atoms with van der Waals surface area (Å²) in [5.74, 6) is 0.922. The Balaban J connectivity index is 2.43. The summed E-state index contributed by atoms with van der Waals surface area (Å²) in [5.41, 5.74) is 1.15. The Labute approximate surface area is 90.3 Å². The van der Waals surface area contributed by atoms with Crippen LogP contribution in [-0.4, -0.2) is 31.0 Å². The average molecular weight is 207 g/mol.